The number of aliphatic hydroxyl groups is 1. The maximum atomic E-state index is 14.7. The molecule has 0 saturated carbocycles. The average Bonchev–Trinajstić information content (AvgIpc) is 3.86. The third-order valence-corrected chi connectivity index (χ3v) is 11.4. The molecule has 0 aliphatic carbocycles. The highest BCUT2D eigenvalue weighted by Gasteiger charge is 2.55. The number of carbonyl (C=O) groups excluding carboxylic acids is 4. The number of thiazole rings is 1. The van der Waals surface area contributed by atoms with Gasteiger partial charge in [0.1, 0.15) is 29.4 Å². The third kappa shape index (κ3) is 7.76. The van der Waals surface area contributed by atoms with E-state index in [1.807, 2.05) is 66.1 Å². The van der Waals surface area contributed by atoms with Crippen LogP contribution in [0.3, 0.4) is 0 Å². The molecule has 3 aromatic heterocycles. The van der Waals surface area contributed by atoms with Crippen molar-refractivity contribution < 1.29 is 33.9 Å². The molecule has 0 radical (unpaired) electrons. The van der Waals surface area contributed by atoms with Gasteiger partial charge in [0, 0.05) is 22.4 Å². The fourth-order valence-corrected chi connectivity index (χ4v) is 8.43. The highest BCUT2D eigenvalue weighted by molar-refractivity contribution is 8.00. The van der Waals surface area contributed by atoms with Crippen LogP contribution in [0.4, 0.5) is 5.13 Å². The monoisotopic (exact) mass is 841 g/mol. The van der Waals surface area contributed by atoms with Crippen LogP contribution < -0.4 is 22.3 Å². The van der Waals surface area contributed by atoms with Crippen molar-refractivity contribution in [2.45, 2.75) is 50.5 Å². The molecular formula is C37H35N11O7S3. The topological polar surface area (TPSA) is 255 Å². The summed E-state index contributed by atoms with van der Waals surface area (Å²) in [7, 11) is 0. The summed E-state index contributed by atoms with van der Waals surface area (Å²) >= 11 is 8.34. The van der Waals surface area contributed by atoms with Gasteiger partial charge in [0.05, 0.1) is 10.6 Å². The van der Waals surface area contributed by atoms with Crippen LogP contribution in [0.1, 0.15) is 54.0 Å². The van der Waals surface area contributed by atoms with Gasteiger partial charge < -0.3 is 25.7 Å². The number of fused-ring (bicyclic) bond motifs is 2. The zero-order valence-electron chi connectivity index (χ0n) is 31.0. The van der Waals surface area contributed by atoms with Crippen molar-refractivity contribution in [1.82, 2.24) is 40.2 Å². The number of thiocarbonyl (C=S) groups is 1. The first-order chi connectivity index (χ1) is 27.8. The van der Waals surface area contributed by atoms with E-state index in [1.165, 1.54) is 40.4 Å². The van der Waals surface area contributed by atoms with E-state index < -0.39 is 53.4 Å². The summed E-state index contributed by atoms with van der Waals surface area (Å²) in [4.78, 5) is 74.8. The Morgan fingerprint density at radius 2 is 1.76 bits per heavy atom. The number of hydrogen-bond acceptors (Lipinski definition) is 17. The van der Waals surface area contributed by atoms with Crippen LogP contribution >= 0.6 is 35.3 Å². The number of nitrogens with zero attached hydrogens (tertiary/aromatic N) is 7. The number of hydrogen-bond donors (Lipinski definition) is 5. The number of aliphatic hydroxyl groups excluding tert-OH is 1. The molecule has 2 aromatic carbocycles. The molecule has 1 fully saturated rings. The van der Waals surface area contributed by atoms with Crippen molar-refractivity contribution in [3.8, 4) is 0 Å². The van der Waals surface area contributed by atoms with Crippen LogP contribution in [0.15, 0.2) is 88.5 Å². The molecular weight excluding hydrogens is 807 g/mol. The van der Waals surface area contributed by atoms with Crippen molar-refractivity contribution >= 4 is 80.5 Å². The third-order valence-electron chi connectivity index (χ3n) is 9.03. The van der Waals surface area contributed by atoms with E-state index in [-0.39, 0.29) is 44.5 Å². The molecule has 18 nitrogen and oxygen atoms in total. The Hall–Kier alpha value is -6.13. The molecule has 5 aromatic rings. The number of hydrazine groups is 1. The highest BCUT2D eigenvalue weighted by atomic mass is 32.2. The molecule has 1 unspecified atom stereocenters. The summed E-state index contributed by atoms with van der Waals surface area (Å²) < 4.78 is 7.67. The van der Waals surface area contributed by atoms with E-state index in [0.717, 1.165) is 11.3 Å². The van der Waals surface area contributed by atoms with Crippen LogP contribution in [-0.2, 0) is 35.4 Å². The molecule has 58 heavy (non-hydrogen) atoms. The molecule has 7 N–H and O–H groups in total. The van der Waals surface area contributed by atoms with Gasteiger partial charge in [0.25, 0.3) is 23.5 Å². The Balaban J connectivity index is 1.26. The number of anilines is 1. The number of rotatable bonds is 13. The normalized spacial score (nSPS) is 16.8. The smallest absolute Gasteiger partial charge is 0.356 e. The van der Waals surface area contributed by atoms with Gasteiger partial charge in [-0.2, -0.15) is 9.50 Å². The summed E-state index contributed by atoms with van der Waals surface area (Å²) in [6.07, 6.45) is -0.871. The summed E-state index contributed by atoms with van der Waals surface area (Å²) in [5, 5.41) is 21.6. The molecule has 0 spiro atoms. The van der Waals surface area contributed by atoms with Crippen LogP contribution in [-0.4, -0.2) is 91.6 Å². The van der Waals surface area contributed by atoms with Crippen LogP contribution in [0.25, 0.3) is 5.78 Å². The number of esters is 1. The van der Waals surface area contributed by atoms with Gasteiger partial charge in [-0.05, 0) is 38.0 Å². The van der Waals surface area contributed by atoms with Crippen LogP contribution in [0.5, 0.6) is 0 Å². The molecule has 2 aliphatic heterocycles. The fourth-order valence-electron chi connectivity index (χ4n) is 6.13. The molecule has 0 bridgehead atoms. The number of nitrogens with two attached hydrogens (primary N) is 2. The first-order valence-electron chi connectivity index (χ1n) is 17.5. The molecule has 5 heterocycles. The summed E-state index contributed by atoms with van der Waals surface area (Å²) in [5.41, 5.74) is 8.32. The SMILES string of the molecule is Cc1cc(C(=S)C2=C(C(=O)OC(c3ccccc3)c3ccccc3)N3C(=O)C(NC(=O)C(=NOC(C)(C)C(=O)NN)c4csc(N)n4)[C@@H]3SC2)n2nc(CO)nc2n1. The molecule has 21 heteroatoms. The minimum absolute atomic E-state index is 0.0324. The van der Waals surface area contributed by atoms with Gasteiger partial charge in [-0.15, -0.1) is 28.2 Å². The first kappa shape index (κ1) is 40.1. The number of aromatic nitrogens is 5. The van der Waals surface area contributed by atoms with Gasteiger partial charge in [0.2, 0.25) is 5.60 Å². The molecule has 2 atom stereocenters. The summed E-state index contributed by atoms with van der Waals surface area (Å²) in [6.45, 7) is 4.06. The molecule has 7 rings (SSSR count). The number of β-lactam (4-membered cyclic amide) rings is 1. The number of carbonyl (C=O) groups is 4. The number of oxime groups is 1. The van der Waals surface area contributed by atoms with E-state index in [1.54, 1.807) is 13.0 Å². The Kier molecular flexibility index (Phi) is 11.3. The lowest BCUT2D eigenvalue weighted by Crippen LogP contribution is -2.71. The number of benzene rings is 2. The van der Waals surface area contributed by atoms with Gasteiger partial charge in [-0.1, -0.05) is 78.0 Å². The number of amides is 3. The average molecular weight is 842 g/mol. The second kappa shape index (κ2) is 16.4. The maximum absolute atomic E-state index is 14.7. The van der Waals surface area contributed by atoms with E-state index in [2.05, 4.69) is 30.5 Å². The van der Waals surface area contributed by atoms with E-state index in [4.69, 9.17) is 33.4 Å². The Bertz CT molecular complexity index is 2470. The van der Waals surface area contributed by atoms with E-state index in [9.17, 15) is 24.3 Å². The second-order valence-electron chi connectivity index (χ2n) is 13.4. The number of thioether (sulfide) groups is 1. The van der Waals surface area contributed by atoms with Crippen molar-refractivity contribution in [3.63, 3.8) is 0 Å². The predicted molar refractivity (Wildman–Crippen MR) is 217 cm³/mol. The minimum Gasteiger partial charge on any atom is -0.448 e. The lowest BCUT2D eigenvalue weighted by molar-refractivity contribution is -0.154. The molecule has 3 amide bonds. The van der Waals surface area contributed by atoms with Crippen molar-refractivity contribution in [1.29, 1.82) is 0 Å². The number of ether oxygens (including phenoxy) is 1. The summed E-state index contributed by atoms with van der Waals surface area (Å²) in [6, 6.07) is 18.8. The molecule has 298 valence electrons. The van der Waals surface area contributed by atoms with Gasteiger partial charge in [-0.3, -0.25) is 24.7 Å². The van der Waals surface area contributed by atoms with E-state index >= 15 is 0 Å². The summed E-state index contributed by atoms with van der Waals surface area (Å²) in [5.74, 6) is 2.60. The van der Waals surface area contributed by atoms with Crippen molar-refractivity contribution in [2.24, 2.45) is 11.0 Å². The van der Waals surface area contributed by atoms with Gasteiger partial charge >= 0.3 is 5.97 Å². The largest absolute Gasteiger partial charge is 0.448 e. The quantitative estimate of drug-likeness (QED) is 0.0166. The Morgan fingerprint density at radius 1 is 1.09 bits per heavy atom. The van der Waals surface area contributed by atoms with Crippen LogP contribution in [0, 0.1) is 6.92 Å². The number of nitrogen functional groups attached to an aromatic ring is 1. The Labute approximate surface area is 343 Å². The zero-order chi connectivity index (χ0) is 41.3. The number of aryl methyl sites for hydroxylation is 1. The van der Waals surface area contributed by atoms with E-state index in [0.29, 0.717) is 28.1 Å². The second-order valence-corrected chi connectivity index (χ2v) is 15.8. The molecule has 1 saturated heterocycles. The highest BCUT2D eigenvalue weighted by Crippen LogP contribution is 2.43. The zero-order valence-corrected chi connectivity index (χ0v) is 33.4. The first-order valence-corrected chi connectivity index (χ1v) is 19.8. The lowest BCUT2D eigenvalue weighted by atomic mass is 9.99. The van der Waals surface area contributed by atoms with Crippen LogP contribution in [0.2, 0.25) is 0 Å². The fraction of sp³-hybridized carbons (Fsp3) is 0.243. The van der Waals surface area contributed by atoms with Gasteiger partial charge in [0.15, 0.2) is 22.8 Å². The minimum atomic E-state index is -1.60. The standard InChI is InChI=1S/C37H35N11O7S3/c1-18-14-23(48-36(40-18)42-24(15-49)45-48)29(56)21-16-57-32-26(43-30(50)25(22-17-58-35(38)41-22)46-55-37(2,3)34(53)44-39)31(51)47(32)27(21)33(52)54-28(19-10-6-4-7-11-19)20-12-8-5-9-13-20/h4-14,17,26,28,32,49H,15-16,39H2,1-3H3,(H2,38,41)(H,43,50)(H,44,53)/t26?,32-/m0/s1. The Morgan fingerprint density at radius 3 is 2.36 bits per heavy atom. The van der Waals surface area contributed by atoms with Gasteiger partial charge in [-0.25, -0.2) is 20.6 Å². The predicted octanol–water partition coefficient (Wildman–Crippen LogP) is 1.86. The van der Waals surface area contributed by atoms with Crippen molar-refractivity contribution in [2.75, 3.05) is 11.5 Å². The number of nitrogens with one attached hydrogen (secondary N) is 2. The maximum Gasteiger partial charge on any atom is 0.356 e. The van der Waals surface area contributed by atoms with Crippen molar-refractivity contribution in [3.05, 3.63) is 117 Å². The lowest BCUT2D eigenvalue weighted by Gasteiger charge is -2.49. The molecule has 2 aliphatic rings.